The number of hydrogen-bond donors (Lipinski definition) is 1. The zero-order valence-corrected chi connectivity index (χ0v) is 13.0. The molecule has 2 unspecified atom stereocenters. The van der Waals surface area contributed by atoms with Gasteiger partial charge in [-0.25, -0.2) is 4.79 Å². The fraction of sp³-hybridized carbons (Fsp3) is 0.867. The van der Waals surface area contributed by atoms with Crippen molar-refractivity contribution in [2.24, 2.45) is 17.8 Å². The minimum Gasteiger partial charge on any atom is -0.481 e. The Morgan fingerprint density at radius 1 is 1.19 bits per heavy atom. The van der Waals surface area contributed by atoms with Crippen LogP contribution in [-0.4, -0.2) is 54.0 Å². The zero-order valence-electron chi connectivity index (χ0n) is 13.0. The number of amides is 1. The van der Waals surface area contributed by atoms with Gasteiger partial charge in [0.05, 0.1) is 5.92 Å². The SMILES string of the molecule is CC(C)(C)OC(=O)N1CC(C(=O)O)C(C2CCOCC2)C1. The fourth-order valence-corrected chi connectivity index (χ4v) is 3.19. The summed E-state index contributed by atoms with van der Waals surface area (Å²) in [5.41, 5.74) is -0.563. The van der Waals surface area contributed by atoms with Crippen molar-refractivity contribution < 1.29 is 24.2 Å². The van der Waals surface area contributed by atoms with Crippen molar-refractivity contribution in [2.75, 3.05) is 26.3 Å². The van der Waals surface area contributed by atoms with Crippen LogP contribution in [0.5, 0.6) is 0 Å². The van der Waals surface area contributed by atoms with Gasteiger partial charge in [0.25, 0.3) is 0 Å². The zero-order chi connectivity index (χ0) is 15.6. The third-order valence-electron chi connectivity index (χ3n) is 4.21. The predicted octanol–water partition coefficient (Wildman–Crippen LogP) is 1.98. The Morgan fingerprint density at radius 2 is 1.81 bits per heavy atom. The molecule has 0 bridgehead atoms. The molecule has 0 radical (unpaired) electrons. The van der Waals surface area contributed by atoms with E-state index in [1.807, 2.05) is 20.8 Å². The first-order valence-electron chi connectivity index (χ1n) is 7.56. The molecule has 2 atom stereocenters. The van der Waals surface area contributed by atoms with E-state index in [-0.39, 0.29) is 12.5 Å². The highest BCUT2D eigenvalue weighted by Crippen LogP contribution is 2.36. The molecule has 0 aromatic carbocycles. The van der Waals surface area contributed by atoms with Crippen molar-refractivity contribution in [3.63, 3.8) is 0 Å². The summed E-state index contributed by atoms with van der Waals surface area (Å²) in [6, 6.07) is 0. The van der Waals surface area contributed by atoms with Crippen LogP contribution < -0.4 is 0 Å². The lowest BCUT2D eigenvalue weighted by Gasteiger charge is -2.29. The standard InChI is InChI=1S/C15H25NO5/c1-15(2,3)21-14(19)16-8-11(12(9-16)13(17)18)10-4-6-20-7-5-10/h10-12H,4-9H2,1-3H3,(H,17,18). The number of carbonyl (C=O) groups is 2. The first-order valence-corrected chi connectivity index (χ1v) is 7.56. The Morgan fingerprint density at radius 3 is 2.33 bits per heavy atom. The van der Waals surface area contributed by atoms with E-state index in [4.69, 9.17) is 9.47 Å². The maximum Gasteiger partial charge on any atom is 0.410 e. The molecule has 2 fully saturated rings. The molecule has 120 valence electrons. The largest absolute Gasteiger partial charge is 0.481 e. The van der Waals surface area contributed by atoms with Gasteiger partial charge in [0.1, 0.15) is 5.60 Å². The van der Waals surface area contributed by atoms with Crippen LogP contribution in [0.25, 0.3) is 0 Å². The molecule has 0 aliphatic carbocycles. The topological polar surface area (TPSA) is 76.1 Å². The van der Waals surface area contributed by atoms with Crippen LogP contribution in [0, 0.1) is 17.8 Å². The summed E-state index contributed by atoms with van der Waals surface area (Å²) in [5, 5.41) is 9.44. The molecule has 0 aromatic rings. The van der Waals surface area contributed by atoms with Crippen molar-refractivity contribution in [1.29, 1.82) is 0 Å². The van der Waals surface area contributed by atoms with E-state index in [9.17, 15) is 14.7 Å². The maximum absolute atomic E-state index is 12.1. The van der Waals surface area contributed by atoms with E-state index in [1.165, 1.54) is 0 Å². The smallest absolute Gasteiger partial charge is 0.410 e. The lowest BCUT2D eigenvalue weighted by atomic mass is 9.80. The number of ether oxygens (including phenoxy) is 2. The number of hydrogen-bond acceptors (Lipinski definition) is 4. The molecule has 0 saturated carbocycles. The van der Waals surface area contributed by atoms with Gasteiger partial charge in [0.2, 0.25) is 0 Å². The van der Waals surface area contributed by atoms with Crippen LogP contribution in [0.4, 0.5) is 4.79 Å². The van der Waals surface area contributed by atoms with Gasteiger partial charge < -0.3 is 19.5 Å². The Kier molecular flexibility index (Phi) is 4.76. The van der Waals surface area contributed by atoms with E-state index < -0.39 is 23.6 Å². The highest BCUT2D eigenvalue weighted by Gasteiger charge is 2.44. The number of rotatable bonds is 2. The van der Waals surface area contributed by atoms with Crippen LogP contribution in [0.2, 0.25) is 0 Å². The molecule has 6 heteroatoms. The number of aliphatic carboxylic acids is 1. The Labute approximate surface area is 125 Å². The van der Waals surface area contributed by atoms with Crippen LogP contribution in [-0.2, 0) is 14.3 Å². The second-order valence-electron chi connectivity index (χ2n) is 6.94. The monoisotopic (exact) mass is 299 g/mol. The van der Waals surface area contributed by atoms with Gasteiger partial charge >= 0.3 is 12.1 Å². The lowest BCUT2D eigenvalue weighted by molar-refractivity contribution is -0.143. The summed E-state index contributed by atoms with van der Waals surface area (Å²) in [4.78, 5) is 25.2. The average Bonchev–Trinajstić information content (AvgIpc) is 2.83. The second kappa shape index (κ2) is 6.22. The molecule has 2 heterocycles. The van der Waals surface area contributed by atoms with Crippen LogP contribution in [0.3, 0.4) is 0 Å². The molecule has 2 saturated heterocycles. The van der Waals surface area contributed by atoms with Crippen molar-refractivity contribution in [1.82, 2.24) is 4.90 Å². The molecule has 0 aromatic heterocycles. The molecule has 0 spiro atoms. The summed E-state index contributed by atoms with van der Waals surface area (Å²) in [6.07, 6.45) is 1.33. The minimum atomic E-state index is -0.822. The summed E-state index contributed by atoms with van der Waals surface area (Å²) in [5.74, 6) is -1.01. The number of carbonyl (C=O) groups excluding carboxylic acids is 1. The van der Waals surface area contributed by atoms with Crippen LogP contribution >= 0.6 is 0 Å². The van der Waals surface area contributed by atoms with Crippen molar-refractivity contribution in [3.8, 4) is 0 Å². The van der Waals surface area contributed by atoms with E-state index >= 15 is 0 Å². The molecule has 1 amide bonds. The molecule has 2 aliphatic heterocycles. The number of likely N-dealkylation sites (tertiary alicyclic amines) is 1. The quantitative estimate of drug-likeness (QED) is 0.843. The van der Waals surface area contributed by atoms with E-state index in [0.29, 0.717) is 25.7 Å². The van der Waals surface area contributed by atoms with Gasteiger partial charge in [-0.2, -0.15) is 0 Å². The van der Waals surface area contributed by atoms with Crippen LogP contribution in [0.15, 0.2) is 0 Å². The summed E-state index contributed by atoms with van der Waals surface area (Å²) in [6.45, 7) is 7.51. The molecule has 2 aliphatic rings. The maximum atomic E-state index is 12.1. The molecular weight excluding hydrogens is 274 g/mol. The summed E-state index contributed by atoms with van der Waals surface area (Å²) >= 11 is 0. The first-order chi connectivity index (χ1) is 9.78. The Bertz CT molecular complexity index is 397. The Hall–Kier alpha value is -1.30. The normalized spacial score (nSPS) is 27.7. The second-order valence-corrected chi connectivity index (χ2v) is 6.94. The van der Waals surface area contributed by atoms with Gasteiger partial charge in [0.15, 0.2) is 0 Å². The first kappa shape index (κ1) is 16.1. The third-order valence-corrected chi connectivity index (χ3v) is 4.21. The summed E-state index contributed by atoms with van der Waals surface area (Å²) in [7, 11) is 0. The molecular formula is C15H25NO5. The predicted molar refractivity (Wildman–Crippen MR) is 76.0 cm³/mol. The minimum absolute atomic E-state index is 0.00100. The highest BCUT2D eigenvalue weighted by atomic mass is 16.6. The summed E-state index contributed by atoms with van der Waals surface area (Å²) < 4.78 is 10.7. The van der Waals surface area contributed by atoms with Gasteiger partial charge in [-0.05, 0) is 45.4 Å². The molecule has 21 heavy (non-hydrogen) atoms. The fourth-order valence-electron chi connectivity index (χ4n) is 3.19. The Balaban J connectivity index is 2.04. The lowest BCUT2D eigenvalue weighted by Crippen LogP contribution is -2.36. The van der Waals surface area contributed by atoms with Crippen molar-refractivity contribution in [3.05, 3.63) is 0 Å². The van der Waals surface area contributed by atoms with Gasteiger partial charge in [-0.15, -0.1) is 0 Å². The van der Waals surface area contributed by atoms with Crippen LogP contribution in [0.1, 0.15) is 33.6 Å². The molecule has 6 nitrogen and oxygen atoms in total. The van der Waals surface area contributed by atoms with E-state index in [2.05, 4.69) is 0 Å². The molecule has 2 rings (SSSR count). The molecule has 1 N–H and O–H groups in total. The van der Waals surface area contributed by atoms with Gasteiger partial charge in [-0.1, -0.05) is 0 Å². The third kappa shape index (κ3) is 4.09. The average molecular weight is 299 g/mol. The van der Waals surface area contributed by atoms with E-state index in [1.54, 1.807) is 4.90 Å². The van der Waals surface area contributed by atoms with Gasteiger partial charge in [-0.3, -0.25) is 4.79 Å². The number of carboxylic acid groups (broad SMARTS) is 1. The number of carboxylic acids is 1. The van der Waals surface area contributed by atoms with E-state index in [0.717, 1.165) is 12.8 Å². The van der Waals surface area contributed by atoms with Crippen molar-refractivity contribution >= 4 is 12.1 Å². The van der Waals surface area contributed by atoms with Gasteiger partial charge in [0, 0.05) is 26.3 Å². The number of nitrogens with zero attached hydrogens (tertiary/aromatic N) is 1. The van der Waals surface area contributed by atoms with Crippen molar-refractivity contribution in [2.45, 2.75) is 39.2 Å². The highest BCUT2D eigenvalue weighted by molar-refractivity contribution is 5.74.